The molecule has 1 aromatic carbocycles. The van der Waals surface area contributed by atoms with E-state index in [2.05, 4.69) is 6.07 Å². The minimum Gasteiger partial charge on any atom is -0.496 e. The molecule has 1 aliphatic carbocycles. The molecule has 0 saturated heterocycles. The summed E-state index contributed by atoms with van der Waals surface area (Å²) in [5.74, 6) is -0.219. The van der Waals surface area contributed by atoms with Crippen LogP contribution in [0.3, 0.4) is 0 Å². The van der Waals surface area contributed by atoms with E-state index in [4.69, 9.17) is 9.84 Å². The molecule has 0 spiro atoms. The van der Waals surface area contributed by atoms with Gasteiger partial charge in [0.15, 0.2) is 0 Å². The van der Waals surface area contributed by atoms with E-state index in [1.165, 1.54) is 17.5 Å². The molecule has 0 aromatic heterocycles. The summed E-state index contributed by atoms with van der Waals surface area (Å²) >= 11 is 0. The molecule has 0 bridgehead atoms. The number of aliphatic carboxylic acids is 1. The van der Waals surface area contributed by atoms with Gasteiger partial charge in [-0.15, -0.1) is 0 Å². The van der Waals surface area contributed by atoms with E-state index in [0.717, 1.165) is 24.2 Å². The summed E-state index contributed by atoms with van der Waals surface area (Å²) in [7, 11) is 1.67. The van der Waals surface area contributed by atoms with Crippen molar-refractivity contribution in [2.75, 3.05) is 7.11 Å². The Kier molecular flexibility index (Phi) is 3.36. The summed E-state index contributed by atoms with van der Waals surface area (Å²) in [6.45, 7) is 1.73. The molecule has 2 rings (SSSR count). The van der Waals surface area contributed by atoms with E-state index in [-0.39, 0.29) is 5.92 Å². The van der Waals surface area contributed by atoms with Crippen LogP contribution in [0.1, 0.15) is 30.0 Å². The molecule has 17 heavy (non-hydrogen) atoms. The zero-order valence-corrected chi connectivity index (χ0v) is 10.3. The van der Waals surface area contributed by atoms with Crippen LogP contribution in [0, 0.1) is 5.92 Å². The first kappa shape index (κ1) is 12.0. The highest BCUT2D eigenvalue weighted by Crippen LogP contribution is 2.34. The molecule has 0 fully saturated rings. The lowest BCUT2D eigenvalue weighted by Crippen LogP contribution is -2.13. The Morgan fingerprint density at radius 1 is 1.47 bits per heavy atom. The Balaban J connectivity index is 2.31. The molecule has 0 saturated carbocycles. The molecule has 0 amide bonds. The molecule has 0 radical (unpaired) electrons. The molecule has 92 valence electrons. The number of methoxy groups -OCH3 is 1. The fourth-order valence-electron chi connectivity index (χ4n) is 2.51. The van der Waals surface area contributed by atoms with Crippen molar-refractivity contribution in [3.05, 3.63) is 28.8 Å². The van der Waals surface area contributed by atoms with E-state index < -0.39 is 5.97 Å². The number of ether oxygens (including phenoxy) is 1. The average Bonchev–Trinajstić information content (AvgIpc) is 2.76. The van der Waals surface area contributed by atoms with Crippen molar-refractivity contribution in [2.45, 2.75) is 32.6 Å². The summed E-state index contributed by atoms with van der Waals surface area (Å²) in [5, 5.41) is 8.96. The number of carboxylic acids is 1. The molecule has 1 aliphatic rings. The standard InChI is InChI=1S/C14H18O3/c1-9(14(15)16)8-11-7-6-10-4-3-5-12(10)13(11)17-2/h6-7,9H,3-5,8H2,1-2H3,(H,15,16). The molecular weight excluding hydrogens is 216 g/mol. The Bertz CT molecular complexity index is 437. The van der Waals surface area contributed by atoms with Gasteiger partial charge in [0.25, 0.3) is 0 Å². The predicted octanol–water partition coefficient (Wildman–Crippen LogP) is 2.45. The highest BCUT2D eigenvalue weighted by Gasteiger charge is 2.21. The molecule has 1 atom stereocenters. The smallest absolute Gasteiger partial charge is 0.306 e. The summed E-state index contributed by atoms with van der Waals surface area (Å²) in [5.41, 5.74) is 3.65. The second-order valence-corrected chi connectivity index (χ2v) is 4.69. The molecule has 1 N–H and O–H groups in total. The zero-order valence-electron chi connectivity index (χ0n) is 10.3. The minimum absolute atomic E-state index is 0.372. The van der Waals surface area contributed by atoms with Gasteiger partial charge in [-0.3, -0.25) is 4.79 Å². The van der Waals surface area contributed by atoms with Crippen molar-refractivity contribution >= 4 is 5.97 Å². The highest BCUT2D eigenvalue weighted by molar-refractivity contribution is 5.70. The third-order valence-electron chi connectivity index (χ3n) is 3.46. The van der Waals surface area contributed by atoms with Gasteiger partial charge in [0.2, 0.25) is 0 Å². The topological polar surface area (TPSA) is 46.5 Å². The van der Waals surface area contributed by atoms with E-state index >= 15 is 0 Å². The number of carbonyl (C=O) groups is 1. The van der Waals surface area contributed by atoms with Gasteiger partial charge in [-0.25, -0.2) is 0 Å². The number of hydrogen-bond acceptors (Lipinski definition) is 2. The van der Waals surface area contributed by atoms with Crippen molar-refractivity contribution in [1.29, 1.82) is 0 Å². The number of hydrogen-bond donors (Lipinski definition) is 1. The largest absolute Gasteiger partial charge is 0.496 e. The molecule has 1 aromatic rings. The SMILES string of the molecule is COc1c(CC(C)C(=O)O)ccc2c1CCC2. The van der Waals surface area contributed by atoms with Crippen molar-refractivity contribution < 1.29 is 14.6 Å². The highest BCUT2D eigenvalue weighted by atomic mass is 16.5. The van der Waals surface area contributed by atoms with Crippen LogP contribution in [0.25, 0.3) is 0 Å². The van der Waals surface area contributed by atoms with Crippen LogP contribution in [-0.2, 0) is 24.1 Å². The van der Waals surface area contributed by atoms with Gasteiger partial charge in [-0.2, -0.15) is 0 Å². The number of benzene rings is 1. The predicted molar refractivity (Wildman–Crippen MR) is 65.5 cm³/mol. The fraction of sp³-hybridized carbons (Fsp3) is 0.500. The lowest BCUT2D eigenvalue weighted by atomic mass is 9.96. The van der Waals surface area contributed by atoms with E-state index in [1.807, 2.05) is 6.07 Å². The van der Waals surface area contributed by atoms with Crippen LogP contribution in [0.4, 0.5) is 0 Å². The van der Waals surface area contributed by atoms with Gasteiger partial charge >= 0.3 is 5.97 Å². The maximum Gasteiger partial charge on any atom is 0.306 e. The van der Waals surface area contributed by atoms with Crippen LogP contribution in [0.2, 0.25) is 0 Å². The van der Waals surface area contributed by atoms with Gasteiger partial charge in [0, 0.05) is 0 Å². The second-order valence-electron chi connectivity index (χ2n) is 4.69. The quantitative estimate of drug-likeness (QED) is 0.870. The van der Waals surface area contributed by atoms with Crippen LogP contribution in [-0.4, -0.2) is 18.2 Å². The first-order chi connectivity index (χ1) is 8.13. The third-order valence-corrected chi connectivity index (χ3v) is 3.46. The van der Waals surface area contributed by atoms with E-state index in [1.54, 1.807) is 14.0 Å². The molecule has 3 heteroatoms. The first-order valence-corrected chi connectivity index (χ1v) is 6.04. The molecule has 0 aliphatic heterocycles. The maximum absolute atomic E-state index is 10.9. The number of aryl methyl sites for hydroxylation is 1. The molecule has 0 heterocycles. The second kappa shape index (κ2) is 4.78. The van der Waals surface area contributed by atoms with Crippen LogP contribution >= 0.6 is 0 Å². The summed E-state index contributed by atoms with van der Waals surface area (Å²) in [4.78, 5) is 10.9. The zero-order chi connectivity index (χ0) is 12.4. The minimum atomic E-state index is -0.757. The van der Waals surface area contributed by atoms with Crippen LogP contribution in [0.5, 0.6) is 5.75 Å². The van der Waals surface area contributed by atoms with Gasteiger partial charge in [0.05, 0.1) is 13.0 Å². The van der Waals surface area contributed by atoms with Crippen LogP contribution in [0.15, 0.2) is 12.1 Å². The number of fused-ring (bicyclic) bond motifs is 1. The first-order valence-electron chi connectivity index (χ1n) is 6.04. The van der Waals surface area contributed by atoms with Gasteiger partial charge in [-0.1, -0.05) is 19.1 Å². The summed E-state index contributed by atoms with van der Waals surface area (Å²) in [6.07, 6.45) is 3.86. The Hall–Kier alpha value is -1.51. The Morgan fingerprint density at radius 3 is 2.88 bits per heavy atom. The lowest BCUT2D eigenvalue weighted by Gasteiger charge is -2.14. The van der Waals surface area contributed by atoms with Crippen molar-refractivity contribution in [3.8, 4) is 5.75 Å². The lowest BCUT2D eigenvalue weighted by molar-refractivity contribution is -0.141. The van der Waals surface area contributed by atoms with Crippen molar-refractivity contribution in [2.24, 2.45) is 5.92 Å². The van der Waals surface area contributed by atoms with E-state index in [9.17, 15) is 4.79 Å². The normalized spacial score (nSPS) is 15.4. The molecular formula is C14H18O3. The van der Waals surface area contributed by atoms with Crippen molar-refractivity contribution in [1.82, 2.24) is 0 Å². The van der Waals surface area contributed by atoms with Gasteiger partial charge in [0.1, 0.15) is 5.75 Å². The maximum atomic E-state index is 10.9. The van der Waals surface area contributed by atoms with Gasteiger partial charge in [-0.05, 0) is 42.4 Å². The fourth-order valence-corrected chi connectivity index (χ4v) is 2.51. The molecule has 1 unspecified atom stereocenters. The summed E-state index contributed by atoms with van der Waals surface area (Å²) < 4.78 is 5.48. The van der Waals surface area contributed by atoms with Gasteiger partial charge < -0.3 is 9.84 Å². The summed E-state index contributed by atoms with van der Waals surface area (Å²) in [6, 6.07) is 4.14. The Morgan fingerprint density at radius 2 is 2.24 bits per heavy atom. The van der Waals surface area contributed by atoms with Crippen molar-refractivity contribution in [3.63, 3.8) is 0 Å². The van der Waals surface area contributed by atoms with E-state index in [0.29, 0.717) is 6.42 Å². The number of carboxylic acid groups (broad SMARTS) is 1. The third kappa shape index (κ3) is 2.28. The average molecular weight is 234 g/mol. The Labute approximate surface area is 101 Å². The number of rotatable bonds is 4. The van der Waals surface area contributed by atoms with Crippen LogP contribution < -0.4 is 4.74 Å². The monoisotopic (exact) mass is 234 g/mol. The molecule has 3 nitrogen and oxygen atoms in total.